The van der Waals surface area contributed by atoms with Crippen LogP contribution in [0.5, 0.6) is 5.75 Å². The Bertz CT molecular complexity index is 1310. The molecule has 1 aliphatic heterocycles. The Morgan fingerprint density at radius 3 is 2.64 bits per heavy atom. The molecule has 0 radical (unpaired) electrons. The number of aryl methyl sites for hydroxylation is 1. The van der Waals surface area contributed by atoms with Gasteiger partial charge in [0.25, 0.3) is 0 Å². The van der Waals surface area contributed by atoms with Crippen molar-refractivity contribution in [3.8, 4) is 5.75 Å². The van der Waals surface area contributed by atoms with Gasteiger partial charge in [0.1, 0.15) is 11.9 Å². The number of fused-ring (bicyclic) bond motifs is 1. The number of sulfonamides is 1. The average Bonchev–Trinajstić information content (AvgIpc) is 3.52. The van der Waals surface area contributed by atoms with Crippen LogP contribution in [0.1, 0.15) is 29.2 Å². The van der Waals surface area contributed by atoms with Gasteiger partial charge in [-0.05, 0) is 86.8 Å². The zero-order chi connectivity index (χ0) is 28.2. The smallest absolute Gasteiger partial charge is 0.243 e. The first-order valence-electron chi connectivity index (χ1n) is 13.1. The molecule has 1 heterocycles. The highest BCUT2D eigenvalue weighted by Crippen LogP contribution is 2.44. The Morgan fingerprint density at radius 1 is 1.18 bits per heavy atom. The molecule has 0 aromatic heterocycles. The van der Waals surface area contributed by atoms with E-state index < -0.39 is 10.0 Å². The summed E-state index contributed by atoms with van der Waals surface area (Å²) in [6.07, 6.45) is 1.09. The molecule has 3 atom stereocenters. The summed E-state index contributed by atoms with van der Waals surface area (Å²) < 4.78 is 45.8. The maximum absolute atomic E-state index is 13.4. The molecule has 2 N–H and O–H groups in total. The quantitative estimate of drug-likeness (QED) is 0.303. The Morgan fingerprint density at radius 2 is 1.95 bits per heavy atom. The van der Waals surface area contributed by atoms with Gasteiger partial charge in [0, 0.05) is 24.7 Å². The number of ether oxygens (including phenoxy) is 3. The summed E-state index contributed by atoms with van der Waals surface area (Å²) in [6, 6.07) is 8.59. The minimum absolute atomic E-state index is 0.0118. The van der Waals surface area contributed by atoms with Gasteiger partial charge >= 0.3 is 0 Å². The summed E-state index contributed by atoms with van der Waals surface area (Å²) >= 11 is 6.33. The van der Waals surface area contributed by atoms with Crippen molar-refractivity contribution < 1.29 is 22.6 Å². The van der Waals surface area contributed by atoms with Crippen molar-refractivity contribution in [3.05, 3.63) is 63.5 Å². The summed E-state index contributed by atoms with van der Waals surface area (Å²) in [5, 5.41) is 0.500. The van der Waals surface area contributed by atoms with Crippen LogP contribution in [0, 0.1) is 19.4 Å². The van der Waals surface area contributed by atoms with Crippen LogP contribution in [0.15, 0.2) is 35.2 Å². The topological polar surface area (TPSA) is 98.7 Å². The van der Waals surface area contributed by atoms with E-state index >= 15 is 0 Å². The molecule has 0 amide bonds. The summed E-state index contributed by atoms with van der Waals surface area (Å²) in [5.74, 6) is 0.753. The highest BCUT2D eigenvalue weighted by atomic mass is 35.5. The van der Waals surface area contributed by atoms with Gasteiger partial charge in [-0.1, -0.05) is 11.6 Å². The summed E-state index contributed by atoms with van der Waals surface area (Å²) in [7, 11) is 0.326. The molecule has 212 valence electrons. The van der Waals surface area contributed by atoms with Crippen molar-refractivity contribution in [2.75, 3.05) is 60.2 Å². The number of hydrogen-bond donors (Lipinski definition) is 1. The third kappa shape index (κ3) is 6.74. The largest absolute Gasteiger partial charge is 0.484 e. The molecule has 4 rings (SSSR count). The third-order valence-corrected chi connectivity index (χ3v) is 9.43. The monoisotopic (exact) mass is 576 g/mol. The van der Waals surface area contributed by atoms with Crippen LogP contribution in [0.3, 0.4) is 0 Å². The van der Waals surface area contributed by atoms with Crippen molar-refractivity contribution in [2.45, 2.75) is 36.8 Å². The average molecular weight is 577 g/mol. The van der Waals surface area contributed by atoms with E-state index in [2.05, 4.69) is 9.74 Å². The number of likely N-dealkylation sites (N-methyl/N-ethyl adjacent to an activating group) is 1. The maximum Gasteiger partial charge on any atom is 0.243 e. The van der Waals surface area contributed by atoms with Gasteiger partial charge in [0.2, 0.25) is 10.0 Å². The van der Waals surface area contributed by atoms with Crippen LogP contribution in [0.25, 0.3) is 4.85 Å². The lowest BCUT2D eigenvalue weighted by atomic mass is 10.1. The first-order valence-corrected chi connectivity index (χ1v) is 15.0. The molecule has 0 saturated carbocycles. The molecular formula is C28H37ClN4O5S. The predicted molar refractivity (Wildman–Crippen MR) is 151 cm³/mol. The molecule has 9 nitrogen and oxygen atoms in total. The van der Waals surface area contributed by atoms with Gasteiger partial charge in [-0.25, -0.2) is 13.3 Å². The van der Waals surface area contributed by atoms with E-state index in [9.17, 15) is 8.42 Å². The van der Waals surface area contributed by atoms with E-state index in [1.807, 2.05) is 27.1 Å². The molecule has 2 aliphatic rings. The van der Waals surface area contributed by atoms with E-state index in [0.29, 0.717) is 68.9 Å². The zero-order valence-electron chi connectivity index (χ0n) is 22.7. The molecule has 2 aromatic carbocycles. The van der Waals surface area contributed by atoms with Gasteiger partial charge in [-0.3, -0.25) is 0 Å². The fraction of sp³-hybridized carbons (Fsp3) is 0.536. The lowest BCUT2D eigenvalue weighted by Gasteiger charge is -2.28. The molecule has 1 aliphatic carbocycles. The molecule has 1 saturated heterocycles. The minimum atomic E-state index is -3.64. The lowest BCUT2D eigenvalue weighted by molar-refractivity contribution is 0.0377. The highest BCUT2D eigenvalue weighted by Gasteiger charge is 2.38. The van der Waals surface area contributed by atoms with Crippen LogP contribution in [0.4, 0.5) is 5.69 Å². The van der Waals surface area contributed by atoms with Crippen LogP contribution in [-0.2, 0) is 25.9 Å². The first-order chi connectivity index (χ1) is 18.6. The number of hydrogen-bond acceptors (Lipinski definition) is 7. The standard InChI is InChI=1S/C28H37ClN4O5S/c1-19-13-22(39(34,35)33-9-7-20(17-33)18-37-12-11-36-10-8-30)5-6-27(19)38-28-24-14-21(29)15-25(31-2)23(24)16-26(28)32(3)4/h5-6,13-15,20,26,28H,7-12,16-18,30H2,1,3-4H3/t20-,26-,28-/m0/s1. The van der Waals surface area contributed by atoms with Crippen LogP contribution in [0.2, 0.25) is 5.02 Å². The molecule has 0 unspecified atom stereocenters. The molecular weight excluding hydrogens is 540 g/mol. The Kier molecular flexibility index (Phi) is 9.88. The Balaban J connectivity index is 1.45. The van der Waals surface area contributed by atoms with Crippen LogP contribution >= 0.6 is 11.6 Å². The molecule has 39 heavy (non-hydrogen) atoms. The number of halogens is 1. The van der Waals surface area contributed by atoms with Crippen LogP contribution in [-0.4, -0.2) is 83.8 Å². The van der Waals surface area contributed by atoms with Crippen molar-refractivity contribution in [3.63, 3.8) is 0 Å². The maximum atomic E-state index is 13.4. The van der Waals surface area contributed by atoms with Gasteiger partial charge in [0.15, 0.2) is 5.69 Å². The summed E-state index contributed by atoms with van der Waals surface area (Å²) in [4.78, 5) is 6.00. The van der Waals surface area contributed by atoms with E-state index in [-0.39, 0.29) is 23.0 Å². The number of nitrogens with zero attached hydrogens (tertiary/aromatic N) is 3. The minimum Gasteiger partial charge on any atom is -0.484 e. The van der Waals surface area contributed by atoms with E-state index in [1.165, 1.54) is 4.31 Å². The van der Waals surface area contributed by atoms with E-state index in [1.54, 1.807) is 24.3 Å². The molecule has 2 aromatic rings. The number of nitrogens with two attached hydrogens (primary N) is 1. The first kappa shape index (κ1) is 29.7. The van der Waals surface area contributed by atoms with Crippen molar-refractivity contribution in [1.29, 1.82) is 0 Å². The summed E-state index contributed by atoms with van der Waals surface area (Å²) in [6.45, 7) is 12.7. The molecule has 0 spiro atoms. The zero-order valence-corrected chi connectivity index (χ0v) is 24.3. The molecule has 11 heteroatoms. The predicted octanol–water partition coefficient (Wildman–Crippen LogP) is 3.81. The Hall–Kier alpha value is -2.23. The second-order valence-corrected chi connectivity index (χ2v) is 12.7. The number of benzene rings is 2. The fourth-order valence-corrected chi connectivity index (χ4v) is 7.08. The van der Waals surface area contributed by atoms with Gasteiger partial charge < -0.3 is 24.8 Å². The van der Waals surface area contributed by atoms with E-state index in [4.69, 9.17) is 38.1 Å². The van der Waals surface area contributed by atoms with Crippen molar-refractivity contribution in [2.24, 2.45) is 11.7 Å². The highest BCUT2D eigenvalue weighted by molar-refractivity contribution is 7.89. The fourth-order valence-electron chi connectivity index (χ4n) is 5.24. The van der Waals surface area contributed by atoms with E-state index in [0.717, 1.165) is 23.1 Å². The number of rotatable bonds is 12. The SMILES string of the molecule is [C-]#[N+]c1cc(Cl)cc2c1C[C@H](N(C)C)[C@H]2Oc1ccc(S(=O)(=O)N2CC[C@H](COCCOCCN)C2)cc1C. The lowest BCUT2D eigenvalue weighted by Crippen LogP contribution is -2.34. The van der Waals surface area contributed by atoms with Gasteiger partial charge in [-0.2, -0.15) is 4.31 Å². The second kappa shape index (κ2) is 13.0. The second-order valence-electron chi connectivity index (χ2n) is 10.3. The van der Waals surface area contributed by atoms with Crippen molar-refractivity contribution >= 4 is 27.3 Å². The summed E-state index contributed by atoms with van der Waals surface area (Å²) in [5.41, 5.74) is 8.52. The van der Waals surface area contributed by atoms with Crippen molar-refractivity contribution in [1.82, 2.24) is 9.21 Å². The van der Waals surface area contributed by atoms with Gasteiger partial charge in [-0.15, -0.1) is 0 Å². The molecule has 1 fully saturated rings. The van der Waals surface area contributed by atoms with Gasteiger partial charge in [0.05, 0.1) is 43.9 Å². The third-order valence-electron chi connectivity index (χ3n) is 7.35. The van der Waals surface area contributed by atoms with Crippen LogP contribution < -0.4 is 10.5 Å². The molecule has 0 bridgehead atoms. The Labute approximate surface area is 236 Å². The normalized spacial score (nSPS) is 21.3.